The number of thioether (sulfide) groups is 1. The highest BCUT2D eigenvalue weighted by Crippen LogP contribution is 2.36. The molecule has 72 valence electrons. The lowest BCUT2D eigenvalue weighted by Gasteiger charge is -2.10. The summed E-state index contributed by atoms with van der Waals surface area (Å²) in [6.07, 6.45) is 0. The van der Waals surface area contributed by atoms with Crippen LogP contribution in [0.25, 0.3) is 0 Å². The number of para-hydroxylation sites is 1. The molecule has 0 bridgehead atoms. The van der Waals surface area contributed by atoms with E-state index in [4.69, 9.17) is 12.2 Å². The van der Waals surface area contributed by atoms with E-state index < -0.39 is 5.70 Å². The molecule has 0 aliphatic heterocycles. The molecular weight excluding hydrogens is 185 g/mol. The standard InChI is InChI=1S/C10H14O2S/c1-4-13-9-7-5-6-8(11-2)10(9)12-3/h5-7H,4H2,1-3H3/i4+1DH. The number of hydrogen-bond donors (Lipinski definition) is 0. The van der Waals surface area contributed by atoms with E-state index in [0.717, 1.165) is 16.7 Å². The molecule has 0 saturated carbocycles. The van der Waals surface area contributed by atoms with Gasteiger partial charge in [-0.1, -0.05) is 13.0 Å². The van der Waals surface area contributed by atoms with Gasteiger partial charge in [0.2, 0.25) is 0 Å². The highest BCUT2D eigenvalue weighted by atomic mass is 32.2. The predicted octanol–water partition coefficient (Wildman–Crippen LogP) is 2.82. The Kier molecular flexibility index (Phi) is 2.92. The summed E-state index contributed by atoms with van der Waals surface area (Å²) >= 11 is 1.11. The largest absolute Gasteiger partial charge is 0.493 e. The molecule has 0 fully saturated rings. The summed E-state index contributed by atoms with van der Waals surface area (Å²) in [5.74, 6) is 1.20. The lowest BCUT2D eigenvalue weighted by molar-refractivity contribution is 0.348. The van der Waals surface area contributed by atoms with E-state index in [1.54, 1.807) is 20.3 Å². The van der Waals surface area contributed by atoms with Gasteiger partial charge in [-0.15, -0.1) is 11.8 Å². The van der Waals surface area contributed by atoms with Gasteiger partial charge in [0.05, 0.1) is 19.1 Å². The minimum atomic E-state index is -1.33. The van der Waals surface area contributed by atoms with Crippen molar-refractivity contribution in [3.63, 3.8) is 0 Å². The topological polar surface area (TPSA) is 18.5 Å². The maximum absolute atomic E-state index is 7.50. The molecule has 0 radical (unpaired) electrons. The van der Waals surface area contributed by atoms with Gasteiger partial charge in [0, 0.05) is 2.74 Å². The maximum atomic E-state index is 7.50. The van der Waals surface area contributed by atoms with Crippen LogP contribution in [-0.2, 0) is 0 Å². The average Bonchev–Trinajstić information content (AvgIpc) is 2.15. The summed E-state index contributed by atoms with van der Waals surface area (Å²) in [7, 11) is 3.11. The molecule has 13 heavy (non-hydrogen) atoms. The molecule has 0 amide bonds. The van der Waals surface area contributed by atoms with E-state index >= 15 is 0 Å². The van der Waals surface area contributed by atoms with E-state index in [9.17, 15) is 0 Å². The number of ether oxygens (including phenoxy) is 2. The smallest absolute Gasteiger partial charge is 0.174 e. The van der Waals surface area contributed by atoms with Gasteiger partial charge in [-0.05, 0) is 17.8 Å². The summed E-state index contributed by atoms with van der Waals surface area (Å²) in [6, 6.07) is 5.41. The van der Waals surface area contributed by atoms with Crippen molar-refractivity contribution in [3.05, 3.63) is 18.2 Å². The van der Waals surface area contributed by atoms with Gasteiger partial charge in [0.15, 0.2) is 11.5 Å². The predicted molar refractivity (Wildman–Crippen MR) is 55.9 cm³/mol. The fraction of sp³-hybridized carbons (Fsp3) is 0.400. The van der Waals surface area contributed by atoms with Crippen LogP contribution in [0, 0.1) is 0 Å². The Morgan fingerprint density at radius 3 is 2.85 bits per heavy atom. The molecule has 0 saturated heterocycles. The fourth-order valence-corrected chi connectivity index (χ4v) is 1.69. The van der Waals surface area contributed by atoms with Crippen molar-refractivity contribution in [1.29, 1.82) is 0 Å². The van der Waals surface area contributed by atoms with Gasteiger partial charge in [0.1, 0.15) is 0 Å². The zero-order chi connectivity index (χ0) is 11.5. The van der Waals surface area contributed by atoms with E-state index in [-0.39, 0.29) is 0 Å². The number of rotatable bonds is 4. The van der Waals surface area contributed by atoms with Crippen LogP contribution in [-0.4, -0.2) is 19.9 Å². The van der Waals surface area contributed by atoms with Crippen molar-refractivity contribution in [3.8, 4) is 11.5 Å². The number of benzene rings is 1. The van der Waals surface area contributed by atoms with Crippen LogP contribution in [0.1, 0.15) is 9.67 Å². The van der Waals surface area contributed by atoms with Gasteiger partial charge < -0.3 is 9.47 Å². The van der Waals surface area contributed by atoms with Crippen LogP contribution in [0.2, 0.25) is 0 Å². The summed E-state index contributed by atoms with van der Waals surface area (Å²) in [5, 5.41) is 0. The first-order valence-corrected chi connectivity index (χ1v) is 4.69. The Morgan fingerprint density at radius 2 is 2.31 bits per heavy atom. The van der Waals surface area contributed by atoms with E-state index in [1.807, 2.05) is 12.1 Å². The molecule has 0 heterocycles. The second-order valence-electron chi connectivity index (χ2n) is 2.30. The first kappa shape index (κ1) is 7.56. The molecule has 2 nitrogen and oxygen atoms in total. The third-order valence-corrected chi connectivity index (χ3v) is 2.32. The van der Waals surface area contributed by atoms with Crippen LogP contribution in [0.4, 0.5) is 0 Å². The summed E-state index contributed by atoms with van der Waals surface area (Å²) in [4.78, 5) is 0.740. The van der Waals surface area contributed by atoms with E-state index in [2.05, 4.69) is 0 Å². The minimum absolute atomic E-state index is 0.579. The molecule has 0 aromatic heterocycles. The molecule has 1 rings (SSSR count). The van der Waals surface area contributed by atoms with Gasteiger partial charge in [-0.25, -0.2) is 0 Å². The quantitative estimate of drug-likeness (QED) is 0.550. The summed E-state index contributed by atoms with van der Waals surface area (Å²) in [5.41, 5.74) is -1.33. The van der Waals surface area contributed by atoms with Gasteiger partial charge in [-0.3, -0.25) is 0 Å². The molecular formula is C10H14O2S. The lowest BCUT2D eigenvalue weighted by Crippen LogP contribution is -1.92. The van der Waals surface area contributed by atoms with Crippen molar-refractivity contribution in [2.45, 2.75) is 11.8 Å². The molecule has 0 aliphatic carbocycles. The molecule has 1 unspecified atom stereocenters. The lowest BCUT2D eigenvalue weighted by atomic mass is 10.3. The Bertz CT molecular complexity index is 337. The Balaban J connectivity index is 3.06. The molecule has 0 aliphatic rings. The van der Waals surface area contributed by atoms with Crippen molar-refractivity contribution in [1.82, 2.24) is 0 Å². The van der Waals surface area contributed by atoms with E-state index in [0.29, 0.717) is 11.5 Å². The third kappa shape index (κ3) is 2.31. The first-order valence-electron chi connectivity index (χ1n) is 4.88. The van der Waals surface area contributed by atoms with E-state index in [1.165, 1.54) is 6.92 Å². The van der Waals surface area contributed by atoms with Crippen LogP contribution in [0.15, 0.2) is 23.1 Å². The molecule has 3 heteroatoms. The summed E-state index contributed by atoms with van der Waals surface area (Å²) < 4.78 is 25.3. The van der Waals surface area contributed by atoms with Gasteiger partial charge in [-0.2, -0.15) is 0 Å². The molecule has 0 N–H and O–H groups in total. The number of methoxy groups -OCH3 is 2. The molecule has 0 spiro atoms. The zero-order valence-corrected chi connectivity index (χ0v) is 8.77. The minimum Gasteiger partial charge on any atom is -0.493 e. The molecule has 1 aromatic rings. The van der Waals surface area contributed by atoms with Crippen molar-refractivity contribution < 1.29 is 12.2 Å². The third-order valence-electron chi connectivity index (χ3n) is 1.58. The first-order chi connectivity index (χ1) is 6.98. The highest BCUT2D eigenvalue weighted by Gasteiger charge is 2.08. The molecule has 1 aromatic carbocycles. The Morgan fingerprint density at radius 1 is 1.54 bits per heavy atom. The summed E-state index contributed by atoms with van der Waals surface area (Å²) in [6.45, 7) is 1.51. The SMILES string of the molecule is [1H][13C]([2H])(C)Sc1cccc(OC)c1OC. The second kappa shape index (κ2) is 5.02. The highest BCUT2D eigenvalue weighted by molar-refractivity contribution is 7.99. The van der Waals surface area contributed by atoms with Crippen molar-refractivity contribution in [2.24, 2.45) is 0 Å². The Hall–Kier alpha value is -0.830. The Labute approximate surface area is 86.1 Å². The number of hydrogen-bond acceptors (Lipinski definition) is 3. The maximum Gasteiger partial charge on any atom is 0.174 e. The van der Waals surface area contributed by atoms with Crippen LogP contribution < -0.4 is 9.47 Å². The fourth-order valence-electron chi connectivity index (χ4n) is 1.05. The second-order valence-corrected chi connectivity index (χ2v) is 3.35. The van der Waals surface area contributed by atoms with Crippen LogP contribution >= 0.6 is 11.8 Å². The van der Waals surface area contributed by atoms with Crippen molar-refractivity contribution in [2.75, 3.05) is 19.9 Å². The van der Waals surface area contributed by atoms with Crippen LogP contribution in [0.3, 0.4) is 0 Å². The van der Waals surface area contributed by atoms with Gasteiger partial charge in [0.25, 0.3) is 0 Å². The van der Waals surface area contributed by atoms with Gasteiger partial charge >= 0.3 is 0 Å². The zero-order valence-electron chi connectivity index (χ0n) is 9.96. The average molecular weight is 200 g/mol. The van der Waals surface area contributed by atoms with Crippen molar-refractivity contribution >= 4 is 11.8 Å². The molecule has 1 atom stereocenters. The normalized spacial score (nSPS) is 16.8. The van der Waals surface area contributed by atoms with Crippen LogP contribution in [0.5, 0.6) is 11.5 Å². The monoisotopic (exact) mass is 200 g/mol.